The van der Waals surface area contributed by atoms with Crippen LogP contribution in [0.15, 0.2) is 12.1 Å². The van der Waals surface area contributed by atoms with E-state index in [2.05, 4.69) is 18.1 Å². The number of ether oxygens (including phenoxy) is 1. The summed E-state index contributed by atoms with van der Waals surface area (Å²) < 4.78 is 5.33. The predicted molar refractivity (Wildman–Crippen MR) is 64.3 cm³/mol. The lowest BCUT2D eigenvalue weighted by atomic mass is 9.84. The zero-order chi connectivity index (χ0) is 11.6. The third-order valence-corrected chi connectivity index (χ3v) is 2.75. The van der Waals surface area contributed by atoms with Crippen molar-refractivity contribution in [2.45, 2.75) is 33.1 Å². The van der Waals surface area contributed by atoms with Crippen LogP contribution in [0.4, 0.5) is 0 Å². The predicted octanol–water partition coefficient (Wildman–Crippen LogP) is 3.22. The Bertz CT molecular complexity index is 385. The molecule has 0 spiro atoms. The first-order chi connectivity index (χ1) is 6.92. The van der Waals surface area contributed by atoms with Gasteiger partial charge in [-0.3, -0.25) is 0 Å². The van der Waals surface area contributed by atoms with Gasteiger partial charge in [-0.2, -0.15) is 0 Å². The molecule has 0 atom stereocenters. The molecule has 15 heavy (non-hydrogen) atoms. The van der Waals surface area contributed by atoms with Crippen LogP contribution in [-0.4, -0.2) is 7.11 Å². The van der Waals surface area contributed by atoms with Gasteiger partial charge in [-0.1, -0.05) is 18.1 Å². The molecule has 0 aliphatic heterocycles. The quantitative estimate of drug-likeness (QED) is 0.669. The SMILES string of the molecule is C#CC(C)(C)c1cc(C)c(OC)c(C)c1. The maximum Gasteiger partial charge on any atom is 0.124 e. The summed E-state index contributed by atoms with van der Waals surface area (Å²) in [6.45, 7) is 8.19. The molecule has 0 saturated heterocycles. The molecule has 1 aromatic rings. The molecule has 0 amide bonds. The molecule has 1 heteroatoms. The zero-order valence-corrected chi connectivity index (χ0v) is 10.1. The monoisotopic (exact) mass is 202 g/mol. The molecule has 1 rings (SSSR count). The van der Waals surface area contributed by atoms with Crippen LogP contribution in [-0.2, 0) is 5.41 Å². The van der Waals surface area contributed by atoms with Crippen LogP contribution < -0.4 is 4.74 Å². The Balaban J connectivity index is 3.34. The van der Waals surface area contributed by atoms with E-state index in [4.69, 9.17) is 11.2 Å². The van der Waals surface area contributed by atoms with Gasteiger partial charge < -0.3 is 4.74 Å². The molecule has 0 saturated carbocycles. The molecule has 0 fully saturated rings. The summed E-state index contributed by atoms with van der Waals surface area (Å²) in [5.74, 6) is 3.76. The number of aryl methyl sites for hydroxylation is 2. The van der Waals surface area contributed by atoms with Gasteiger partial charge in [0, 0.05) is 0 Å². The van der Waals surface area contributed by atoms with Crippen LogP contribution in [0, 0.1) is 26.2 Å². The van der Waals surface area contributed by atoms with Gasteiger partial charge in [-0.15, -0.1) is 6.42 Å². The lowest BCUT2D eigenvalue weighted by Crippen LogP contribution is -2.14. The number of hydrogen-bond acceptors (Lipinski definition) is 1. The second-order valence-corrected chi connectivity index (χ2v) is 4.41. The van der Waals surface area contributed by atoms with Crippen molar-refractivity contribution in [3.63, 3.8) is 0 Å². The minimum absolute atomic E-state index is 0.220. The highest BCUT2D eigenvalue weighted by atomic mass is 16.5. The van der Waals surface area contributed by atoms with Crippen molar-refractivity contribution in [3.05, 3.63) is 28.8 Å². The van der Waals surface area contributed by atoms with E-state index in [1.54, 1.807) is 7.11 Å². The summed E-state index contributed by atoms with van der Waals surface area (Å²) in [5, 5.41) is 0. The van der Waals surface area contributed by atoms with Crippen molar-refractivity contribution >= 4 is 0 Å². The van der Waals surface area contributed by atoms with Crippen LogP contribution in [0.1, 0.15) is 30.5 Å². The first kappa shape index (κ1) is 11.7. The van der Waals surface area contributed by atoms with E-state index >= 15 is 0 Å². The first-order valence-corrected chi connectivity index (χ1v) is 5.06. The second-order valence-electron chi connectivity index (χ2n) is 4.41. The summed E-state index contributed by atoms with van der Waals surface area (Å²) in [6.07, 6.45) is 5.53. The molecule has 80 valence electrons. The van der Waals surface area contributed by atoms with E-state index in [0.29, 0.717) is 0 Å². The summed E-state index contributed by atoms with van der Waals surface area (Å²) in [4.78, 5) is 0. The van der Waals surface area contributed by atoms with Crippen molar-refractivity contribution in [3.8, 4) is 18.1 Å². The van der Waals surface area contributed by atoms with Gasteiger partial charge in [0.05, 0.1) is 12.5 Å². The van der Waals surface area contributed by atoms with Crippen LogP contribution >= 0.6 is 0 Å². The van der Waals surface area contributed by atoms with E-state index in [1.807, 2.05) is 27.7 Å². The third kappa shape index (κ3) is 2.15. The number of benzene rings is 1. The fourth-order valence-corrected chi connectivity index (χ4v) is 1.72. The van der Waals surface area contributed by atoms with Crippen molar-refractivity contribution in [2.24, 2.45) is 0 Å². The molecule has 0 bridgehead atoms. The number of hydrogen-bond donors (Lipinski definition) is 0. The van der Waals surface area contributed by atoms with Gasteiger partial charge >= 0.3 is 0 Å². The molecule has 0 aliphatic carbocycles. The Morgan fingerprint density at radius 3 is 2.00 bits per heavy atom. The fourth-order valence-electron chi connectivity index (χ4n) is 1.72. The van der Waals surface area contributed by atoms with Crippen LogP contribution in [0.2, 0.25) is 0 Å². The molecule has 0 N–H and O–H groups in total. The van der Waals surface area contributed by atoms with Gasteiger partial charge in [0.2, 0.25) is 0 Å². The lowest BCUT2D eigenvalue weighted by molar-refractivity contribution is 0.408. The summed E-state index contributed by atoms with van der Waals surface area (Å²) in [6, 6.07) is 4.21. The maximum atomic E-state index is 5.53. The van der Waals surface area contributed by atoms with Gasteiger partial charge in [-0.25, -0.2) is 0 Å². The van der Waals surface area contributed by atoms with Gasteiger partial charge in [0.15, 0.2) is 0 Å². The Morgan fingerprint density at radius 2 is 1.67 bits per heavy atom. The minimum atomic E-state index is -0.220. The number of rotatable bonds is 2. The summed E-state index contributed by atoms with van der Waals surface area (Å²) in [7, 11) is 1.70. The van der Waals surface area contributed by atoms with Crippen LogP contribution in [0.5, 0.6) is 5.75 Å². The molecule has 0 radical (unpaired) electrons. The summed E-state index contributed by atoms with van der Waals surface area (Å²) >= 11 is 0. The molecule has 0 aliphatic rings. The normalized spacial score (nSPS) is 10.9. The highest BCUT2D eigenvalue weighted by Crippen LogP contribution is 2.30. The van der Waals surface area contributed by atoms with Crippen LogP contribution in [0.3, 0.4) is 0 Å². The zero-order valence-electron chi connectivity index (χ0n) is 10.1. The second kappa shape index (κ2) is 3.98. The van der Waals surface area contributed by atoms with Gasteiger partial charge in [0.1, 0.15) is 5.75 Å². The van der Waals surface area contributed by atoms with E-state index in [0.717, 1.165) is 16.9 Å². The molecule has 1 nitrogen and oxygen atoms in total. The highest BCUT2D eigenvalue weighted by Gasteiger charge is 2.19. The van der Waals surface area contributed by atoms with E-state index in [9.17, 15) is 0 Å². The molecular formula is C14H18O. The van der Waals surface area contributed by atoms with Gasteiger partial charge in [-0.05, 0) is 44.4 Å². The molecular weight excluding hydrogens is 184 g/mol. The first-order valence-electron chi connectivity index (χ1n) is 5.06. The Hall–Kier alpha value is -1.42. The van der Waals surface area contributed by atoms with Crippen molar-refractivity contribution in [1.82, 2.24) is 0 Å². The highest BCUT2D eigenvalue weighted by molar-refractivity contribution is 5.47. The Kier molecular flexibility index (Phi) is 3.09. The largest absolute Gasteiger partial charge is 0.496 e. The van der Waals surface area contributed by atoms with Gasteiger partial charge in [0.25, 0.3) is 0 Å². The average Bonchev–Trinajstić information content (AvgIpc) is 2.17. The summed E-state index contributed by atoms with van der Waals surface area (Å²) in [5.41, 5.74) is 3.22. The molecule has 0 unspecified atom stereocenters. The van der Waals surface area contributed by atoms with E-state index < -0.39 is 0 Å². The topological polar surface area (TPSA) is 9.23 Å². The average molecular weight is 202 g/mol. The number of methoxy groups -OCH3 is 1. The van der Waals surface area contributed by atoms with Crippen molar-refractivity contribution in [2.75, 3.05) is 7.11 Å². The fraction of sp³-hybridized carbons (Fsp3) is 0.429. The third-order valence-electron chi connectivity index (χ3n) is 2.75. The molecule has 1 aromatic carbocycles. The molecule has 0 aromatic heterocycles. The Morgan fingerprint density at radius 1 is 1.20 bits per heavy atom. The van der Waals surface area contributed by atoms with E-state index in [-0.39, 0.29) is 5.41 Å². The maximum absolute atomic E-state index is 5.53. The smallest absolute Gasteiger partial charge is 0.124 e. The van der Waals surface area contributed by atoms with Crippen molar-refractivity contribution in [1.29, 1.82) is 0 Å². The van der Waals surface area contributed by atoms with E-state index in [1.165, 1.54) is 5.56 Å². The minimum Gasteiger partial charge on any atom is -0.496 e. The Labute approximate surface area is 92.5 Å². The van der Waals surface area contributed by atoms with Crippen LogP contribution in [0.25, 0.3) is 0 Å². The number of terminal acetylenes is 1. The molecule has 0 heterocycles. The van der Waals surface area contributed by atoms with Crippen molar-refractivity contribution < 1.29 is 4.74 Å². The standard InChI is InChI=1S/C14H18O/c1-7-14(4,5)12-8-10(2)13(15-6)11(3)9-12/h1,8-9H,2-6H3. The lowest BCUT2D eigenvalue weighted by Gasteiger charge is -2.21.